The molecule has 3 N–H and O–H groups in total. The number of hydrogen-bond donors (Lipinski definition) is 2. The fraction of sp³-hybridized carbons (Fsp3) is 0.235. The Balaban J connectivity index is 2.14. The molecule has 1 atom stereocenters. The summed E-state index contributed by atoms with van der Waals surface area (Å²) >= 11 is 0. The average molecular weight is 268 g/mol. The molecule has 1 unspecified atom stereocenters. The SMILES string of the molecule is Cc1cc(C)cc(C(=O)Nc2ccc(C(C)N)cc2)c1. The molecule has 0 radical (unpaired) electrons. The fourth-order valence-electron chi connectivity index (χ4n) is 2.18. The van der Waals surface area contributed by atoms with Crippen LogP contribution in [0.2, 0.25) is 0 Å². The van der Waals surface area contributed by atoms with Gasteiger partial charge in [-0.2, -0.15) is 0 Å². The van der Waals surface area contributed by atoms with Crippen molar-refractivity contribution in [3.05, 3.63) is 64.7 Å². The zero-order valence-corrected chi connectivity index (χ0v) is 12.1. The number of nitrogens with one attached hydrogen (secondary N) is 1. The van der Waals surface area contributed by atoms with Crippen LogP contribution in [-0.4, -0.2) is 5.91 Å². The van der Waals surface area contributed by atoms with Gasteiger partial charge in [-0.05, 0) is 50.6 Å². The van der Waals surface area contributed by atoms with Gasteiger partial charge in [0.2, 0.25) is 0 Å². The van der Waals surface area contributed by atoms with Crippen molar-refractivity contribution in [1.82, 2.24) is 0 Å². The molecule has 3 heteroatoms. The number of carbonyl (C=O) groups is 1. The largest absolute Gasteiger partial charge is 0.324 e. The van der Waals surface area contributed by atoms with Gasteiger partial charge in [0.05, 0.1) is 0 Å². The smallest absolute Gasteiger partial charge is 0.255 e. The molecular formula is C17H20N2O. The topological polar surface area (TPSA) is 55.1 Å². The van der Waals surface area contributed by atoms with Crippen LogP contribution in [0.3, 0.4) is 0 Å². The molecule has 0 aliphatic rings. The third kappa shape index (κ3) is 3.45. The van der Waals surface area contributed by atoms with Crippen molar-refractivity contribution in [1.29, 1.82) is 0 Å². The molecule has 0 spiro atoms. The van der Waals surface area contributed by atoms with Gasteiger partial charge in [0.1, 0.15) is 0 Å². The number of carbonyl (C=O) groups excluding carboxylic acids is 1. The van der Waals surface area contributed by atoms with Gasteiger partial charge < -0.3 is 11.1 Å². The van der Waals surface area contributed by atoms with E-state index in [0.29, 0.717) is 5.56 Å². The first-order valence-corrected chi connectivity index (χ1v) is 6.71. The van der Waals surface area contributed by atoms with Crippen LogP contribution in [0.1, 0.15) is 40.0 Å². The summed E-state index contributed by atoms with van der Waals surface area (Å²) in [7, 11) is 0. The first kappa shape index (κ1) is 14.3. The summed E-state index contributed by atoms with van der Waals surface area (Å²) in [5.41, 5.74) is 10.5. The van der Waals surface area contributed by atoms with E-state index in [-0.39, 0.29) is 11.9 Å². The van der Waals surface area contributed by atoms with E-state index < -0.39 is 0 Å². The highest BCUT2D eigenvalue weighted by Gasteiger charge is 2.07. The Morgan fingerprint density at radius 3 is 2.10 bits per heavy atom. The lowest BCUT2D eigenvalue weighted by Crippen LogP contribution is -2.12. The standard InChI is InChI=1S/C17H20N2O/c1-11-8-12(2)10-15(9-11)17(20)19-16-6-4-14(5-7-16)13(3)18/h4-10,13H,18H2,1-3H3,(H,19,20). The lowest BCUT2D eigenvalue weighted by atomic mass is 10.1. The maximum absolute atomic E-state index is 12.2. The molecule has 104 valence electrons. The highest BCUT2D eigenvalue weighted by molar-refractivity contribution is 6.04. The van der Waals surface area contributed by atoms with Crippen LogP contribution >= 0.6 is 0 Å². The Kier molecular flexibility index (Phi) is 4.20. The molecule has 0 bridgehead atoms. The third-order valence-corrected chi connectivity index (χ3v) is 3.18. The molecule has 0 aliphatic heterocycles. The number of aryl methyl sites for hydroxylation is 2. The Hall–Kier alpha value is -2.13. The van der Waals surface area contributed by atoms with E-state index in [0.717, 1.165) is 22.4 Å². The number of nitrogens with two attached hydrogens (primary N) is 1. The van der Waals surface area contributed by atoms with Crippen LogP contribution in [0.15, 0.2) is 42.5 Å². The molecule has 1 amide bonds. The normalized spacial score (nSPS) is 12.0. The van der Waals surface area contributed by atoms with Crippen LogP contribution in [0, 0.1) is 13.8 Å². The van der Waals surface area contributed by atoms with Crippen molar-refractivity contribution < 1.29 is 4.79 Å². The molecule has 3 nitrogen and oxygen atoms in total. The van der Waals surface area contributed by atoms with Gasteiger partial charge in [0.15, 0.2) is 0 Å². The van der Waals surface area contributed by atoms with Crippen LogP contribution in [-0.2, 0) is 0 Å². The average Bonchev–Trinajstić information content (AvgIpc) is 2.38. The summed E-state index contributed by atoms with van der Waals surface area (Å²) in [5, 5.41) is 2.90. The predicted octanol–water partition coefficient (Wildman–Crippen LogP) is 3.58. The van der Waals surface area contributed by atoms with Gasteiger partial charge in [-0.25, -0.2) is 0 Å². The summed E-state index contributed by atoms with van der Waals surface area (Å²) in [6.07, 6.45) is 0. The second-order valence-corrected chi connectivity index (χ2v) is 5.24. The molecule has 2 aromatic carbocycles. The number of rotatable bonds is 3. The quantitative estimate of drug-likeness (QED) is 0.894. The molecule has 2 aromatic rings. The number of anilines is 1. The molecule has 0 heterocycles. The van der Waals surface area contributed by atoms with Crippen LogP contribution < -0.4 is 11.1 Å². The summed E-state index contributed by atoms with van der Waals surface area (Å²) in [5.74, 6) is -0.0923. The van der Waals surface area contributed by atoms with Crippen molar-refractivity contribution in [2.45, 2.75) is 26.8 Å². The maximum atomic E-state index is 12.2. The predicted molar refractivity (Wildman–Crippen MR) is 82.9 cm³/mol. The van der Waals surface area contributed by atoms with E-state index in [2.05, 4.69) is 5.32 Å². The number of hydrogen-bond acceptors (Lipinski definition) is 2. The van der Waals surface area contributed by atoms with Gasteiger partial charge in [-0.1, -0.05) is 29.3 Å². The van der Waals surface area contributed by atoms with E-state index in [9.17, 15) is 4.79 Å². The molecule has 0 fully saturated rings. The number of amides is 1. The molecule has 0 aliphatic carbocycles. The highest BCUT2D eigenvalue weighted by atomic mass is 16.1. The second kappa shape index (κ2) is 5.88. The van der Waals surface area contributed by atoms with E-state index in [4.69, 9.17) is 5.73 Å². The Morgan fingerprint density at radius 2 is 1.60 bits per heavy atom. The van der Waals surface area contributed by atoms with Crippen molar-refractivity contribution in [2.24, 2.45) is 5.73 Å². The minimum atomic E-state index is -0.0923. The zero-order valence-electron chi connectivity index (χ0n) is 12.1. The summed E-state index contributed by atoms with van der Waals surface area (Å²) in [6.45, 7) is 5.91. The van der Waals surface area contributed by atoms with Gasteiger partial charge in [0, 0.05) is 17.3 Å². The van der Waals surface area contributed by atoms with Gasteiger partial charge >= 0.3 is 0 Å². The van der Waals surface area contributed by atoms with Gasteiger partial charge in [-0.15, -0.1) is 0 Å². The van der Waals surface area contributed by atoms with Crippen LogP contribution in [0.25, 0.3) is 0 Å². The molecule has 0 saturated carbocycles. The lowest BCUT2D eigenvalue weighted by molar-refractivity contribution is 0.102. The van der Waals surface area contributed by atoms with E-state index in [1.165, 1.54) is 0 Å². The maximum Gasteiger partial charge on any atom is 0.255 e. The minimum absolute atomic E-state index is 0.000765. The van der Waals surface area contributed by atoms with E-state index in [1.54, 1.807) is 0 Å². The summed E-state index contributed by atoms with van der Waals surface area (Å²) in [4.78, 5) is 12.2. The molecule has 2 rings (SSSR count). The monoisotopic (exact) mass is 268 g/mol. The lowest BCUT2D eigenvalue weighted by Gasteiger charge is -2.09. The van der Waals surface area contributed by atoms with Crippen molar-refractivity contribution >= 4 is 11.6 Å². The Bertz CT molecular complexity index is 595. The first-order chi connectivity index (χ1) is 9.45. The van der Waals surface area contributed by atoms with Crippen molar-refractivity contribution in [2.75, 3.05) is 5.32 Å². The molecule has 20 heavy (non-hydrogen) atoms. The second-order valence-electron chi connectivity index (χ2n) is 5.24. The minimum Gasteiger partial charge on any atom is -0.324 e. The van der Waals surface area contributed by atoms with Crippen LogP contribution in [0.4, 0.5) is 5.69 Å². The van der Waals surface area contributed by atoms with Crippen LogP contribution in [0.5, 0.6) is 0 Å². The Morgan fingerprint density at radius 1 is 1.05 bits per heavy atom. The zero-order chi connectivity index (χ0) is 14.7. The number of benzene rings is 2. The molecule has 0 saturated heterocycles. The fourth-order valence-corrected chi connectivity index (χ4v) is 2.18. The summed E-state index contributed by atoms with van der Waals surface area (Å²) < 4.78 is 0. The third-order valence-electron chi connectivity index (χ3n) is 3.18. The first-order valence-electron chi connectivity index (χ1n) is 6.71. The molecule has 0 aromatic heterocycles. The highest BCUT2D eigenvalue weighted by Crippen LogP contribution is 2.16. The van der Waals surface area contributed by atoms with Gasteiger partial charge in [0.25, 0.3) is 5.91 Å². The van der Waals surface area contributed by atoms with E-state index >= 15 is 0 Å². The van der Waals surface area contributed by atoms with Crippen molar-refractivity contribution in [3.8, 4) is 0 Å². The molecular weight excluding hydrogens is 248 g/mol. The van der Waals surface area contributed by atoms with Crippen molar-refractivity contribution in [3.63, 3.8) is 0 Å². The van der Waals surface area contributed by atoms with Gasteiger partial charge in [-0.3, -0.25) is 4.79 Å². The summed E-state index contributed by atoms with van der Waals surface area (Å²) in [6, 6.07) is 13.4. The Labute approximate surface area is 119 Å². The van der Waals surface area contributed by atoms with E-state index in [1.807, 2.05) is 63.2 Å².